The molecule has 2 bridgehead atoms. The minimum atomic E-state index is -0.819. The SMILES string of the molecule is CC[C@H](C)CNC(=O)[C@H]1[C@@H]2CC[C@@H](C2)[C@H]1NC(=O)c1cc(O[C@H]2CC[C@@H](C(=O)O)CC2)c(F)cc1OC. The maximum absolute atomic E-state index is 14.8. The van der Waals surface area contributed by atoms with Gasteiger partial charge in [0.05, 0.1) is 30.6 Å². The summed E-state index contributed by atoms with van der Waals surface area (Å²) >= 11 is 0. The molecule has 9 heteroatoms. The molecule has 0 saturated heterocycles. The number of hydrogen-bond donors (Lipinski definition) is 3. The van der Waals surface area contributed by atoms with Gasteiger partial charge < -0.3 is 25.2 Å². The van der Waals surface area contributed by atoms with E-state index in [1.807, 2.05) is 0 Å². The maximum atomic E-state index is 14.8. The summed E-state index contributed by atoms with van der Waals surface area (Å²) in [6, 6.07) is 2.22. The predicted molar refractivity (Wildman–Crippen MR) is 135 cm³/mol. The van der Waals surface area contributed by atoms with Crippen LogP contribution in [0, 0.1) is 35.4 Å². The number of carboxylic acids is 1. The van der Waals surface area contributed by atoms with Crippen molar-refractivity contribution in [1.29, 1.82) is 0 Å². The normalized spacial score (nSPS) is 29.4. The quantitative estimate of drug-likeness (QED) is 0.429. The van der Waals surface area contributed by atoms with Crippen molar-refractivity contribution in [3.05, 3.63) is 23.5 Å². The van der Waals surface area contributed by atoms with Crippen LogP contribution in [-0.4, -0.2) is 48.7 Å². The van der Waals surface area contributed by atoms with Gasteiger partial charge in [-0.15, -0.1) is 0 Å². The third-order valence-corrected chi connectivity index (χ3v) is 8.65. The molecule has 37 heavy (non-hydrogen) atoms. The van der Waals surface area contributed by atoms with Crippen LogP contribution in [0.5, 0.6) is 11.5 Å². The van der Waals surface area contributed by atoms with Crippen molar-refractivity contribution in [3.8, 4) is 11.5 Å². The van der Waals surface area contributed by atoms with Gasteiger partial charge in [-0.1, -0.05) is 20.3 Å². The van der Waals surface area contributed by atoms with Crippen LogP contribution in [0.15, 0.2) is 12.1 Å². The first kappa shape index (κ1) is 27.2. The minimum Gasteiger partial charge on any atom is -0.496 e. The highest BCUT2D eigenvalue weighted by Crippen LogP contribution is 2.49. The molecule has 0 heterocycles. The van der Waals surface area contributed by atoms with Crippen LogP contribution in [0.3, 0.4) is 0 Å². The molecule has 0 unspecified atom stereocenters. The van der Waals surface area contributed by atoms with Gasteiger partial charge >= 0.3 is 5.97 Å². The molecule has 0 spiro atoms. The second-order valence-corrected chi connectivity index (χ2v) is 11.0. The molecule has 0 aromatic heterocycles. The summed E-state index contributed by atoms with van der Waals surface area (Å²) in [6.45, 7) is 4.80. The number of nitrogens with one attached hydrogen (secondary N) is 2. The molecule has 0 aliphatic heterocycles. The number of methoxy groups -OCH3 is 1. The van der Waals surface area contributed by atoms with E-state index in [2.05, 4.69) is 24.5 Å². The zero-order chi connectivity index (χ0) is 26.7. The van der Waals surface area contributed by atoms with Gasteiger partial charge in [-0.05, 0) is 68.8 Å². The summed E-state index contributed by atoms with van der Waals surface area (Å²) in [7, 11) is 1.38. The second-order valence-electron chi connectivity index (χ2n) is 11.0. The first-order chi connectivity index (χ1) is 17.7. The molecule has 3 fully saturated rings. The monoisotopic (exact) mass is 518 g/mol. The van der Waals surface area contributed by atoms with Crippen molar-refractivity contribution in [1.82, 2.24) is 10.6 Å². The molecule has 8 nitrogen and oxygen atoms in total. The molecule has 1 aromatic carbocycles. The Morgan fingerprint density at radius 2 is 1.78 bits per heavy atom. The highest BCUT2D eigenvalue weighted by atomic mass is 19.1. The van der Waals surface area contributed by atoms with Crippen LogP contribution in [0.2, 0.25) is 0 Å². The van der Waals surface area contributed by atoms with Crippen LogP contribution in [-0.2, 0) is 9.59 Å². The predicted octanol–water partition coefficient (Wildman–Crippen LogP) is 4.16. The van der Waals surface area contributed by atoms with Gasteiger partial charge in [-0.3, -0.25) is 14.4 Å². The lowest BCUT2D eigenvalue weighted by molar-refractivity contribution is -0.143. The van der Waals surface area contributed by atoms with Crippen LogP contribution >= 0.6 is 0 Å². The van der Waals surface area contributed by atoms with E-state index in [-0.39, 0.29) is 52.9 Å². The zero-order valence-electron chi connectivity index (χ0n) is 21.9. The molecule has 3 aliphatic rings. The van der Waals surface area contributed by atoms with Crippen molar-refractivity contribution in [2.45, 2.75) is 77.4 Å². The van der Waals surface area contributed by atoms with E-state index < -0.39 is 23.6 Å². The Morgan fingerprint density at radius 1 is 1.08 bits per heavy atom. The van der Waals surface area contributed by atoms with Crippen LogP contribution in [0.1, 0.15) is 75.6 Å². The number of rotatable bonds is 10. The fraction of sp³-hybridized carbons (Fsp3) is 0.679. The van der Waals surface area contributed by atoms with Crippen molar-refractivity contribution >= 4 is 17.8 Å². The van der Waals surface area contributed by atoms with Gasteiger partial charge in [0.2, 0.25) is 5.91 Å². The van der Waals surface area contributed by atoms with Crippen LogP contribution < -0.4 is 20.1 Å². The van der Waals surface area contributed by atoms with Crippen molar-refractivity contribution < 1.29 is 33.4 Å². The number of halogens is 1. The number of carbonyl (C=O) groups is 3. The lowest BCUT2D eigenvalue weighted by atomic mass is 9.83. The van der Waals surface area contributed by atoms with E-state index in [1.165, 1.54) is 13.2 Å². The Labute approximate surface area is 217 Å². The van der Waals surface area contributed by atoms with Gasteiger partial charge in [-0.25, -0.2) is 4.39 Å². The molecular formula is C28H39FN2O6. The van der Waals surface area contributed by atoms with E-state index in [1.54, 1.807) is 0 Å². The molecule has 3 aliphatic carbocycles. The minimum absolute atomic E-state index is 0.00939. The number of amides is 2. The number of hydrogen-bond acceptors (Lipinski definition) is 5. The molecular weight excluding hydrogens is 479 g/mol. The Kier molecular flexibility index (Phi) is 8.60. The number of carboxylic acid groups (broad SMARTS) is 1. The van der Waals surface area contributed by atoms with E-state index >= 15 is 0 Å². The van der Waals surface area contributed by atoms with E-state index in [0.29, 0.717) is 38.1 Å². The summed E-state index contributed by atoms with van der Waals surface area (Å²) in [6.07, 6.45) is 5.47. The van der Waals surface area contributed by atoms with Gasteiger partial charge in [-0.2, -0.15) is 0 Å². The fourth-order valence-corrected chi connectivity index (χ4v) is 6.22. The van der Waals surface area contributed by atoms with E-state index in [4.69, 9.17) is 9.47 Å². The summed E-state index contributed by atoms with van der Waals surface area (Å²) in [5, 5.41) is 15.4. The fourth-order valence-electron chi connectivity index (χ4n) is 6.22. The lowest BCUT2D eigenvalue weighted by Crippen LogP contribution is -2.50. The summed E-state index contributed by atoms with van der Waals surface area (Å²) in [4.78, 5) is 37.8. The van der Waals surface area contributed by atoms with E-state index in [9.17, 15) is 23.9 Å². The summed E-state index contributed by atoms with van der Waals surface area (Å²) in [5.41, 5.74) is 0.152. The van der Waals surface area contributed by atoms with Crippen molar-refractivity contribution in [2.75, 3.05) is 13.7 Å². The molecule has 204 valence electrons. The third-order valence-electron chi connectivity index (χ3n) is 8.65. The highest BCUT2D eigenvalue weighted by molar-refractivity contribution is 5.98. The van der Waals surface area contributed by atoms with Gasteiger partial charge in [0, 0.05) is 18.7 Å². The second kappa shape index (κ2) is 11.7. The largest absolute Gasteiger partial charge is 0.496 e. The number of aliphatic carboxylic acids is 1. The molecule has 5 atom stereocenters. The number of fused-ring (bicyclic) bond motifs is 2. The van der Waals surface area contributed by atoms with Crippen molar-refractivity contribution in [3.63, 3.8) is 0 Å². The lowest BCUT2D eigenvalue weighted by Gasteiger charge is -2.31. The van der Waals surface area contributed by atoms with Crippen LogP contribution in [0.25, 0.3) is 0 Å². The standard InChI is InChI=1S/C28H39FN2O6/c1-4-15(2)14-30-27(33)24-17-5-6-18(11-17)25(24)31-26(32)20-12-23(21(29)13-22(20)36-3)37-19-9-7-16(8-10-19)28(34)35/h12-13,15-19,24-25H,4-11,14H2,1-3H3,(H,30,33)(H,31,32)(H,34,35)/t15-,16-,17+,18-,19+,24-,25+/m0/s1. The van der Waals surface area contributed by atoms with Gasteiger partial charge in [0.1, 0.15) is 5.75 Å². The number of carbonyl (C=O) groups excluding carboxylic acids is 2. The Balaban J connectivity index is 1.47. The third kappa shape index (κ3) is 6.02. The maximum Gasteiger partial charge on any atom is 0.306 e. The topological polar surface area (TPSA) is 114 Å². The highest BCUT2D eigenvalue weighted by Gasteiger charge is 2.51. The average Bonchev–Trinajstić information content (AvgIpc) is 3.50. The molecule has 0 radical (unpaired) electrons. The molecule has 2 amide bonds. The molecule has 4 rings (SSSR count). The van der Waals surface area contributed by atoms with E-state index in [0.717, 1.165) is 31.7 Å². The first-order valence-electron chi connectivity index (χ1n) is 13.6. The molecule has 1 aromatic rings. The summed E-state index contributed by atoms with van der Waals surface area (Å²) < 4.78 is 26.0. The zero-order valence-corrected chi connectivity index (χ0v) is 21.9. The Bertz CT molecular complexity index is 1010. The average molecular weight is 519 g/mol. The smallest absolute Gasteiger partial charge is 0.306 e. The molecule has 3 N–H and O–H groups in total. The Morgan fingerprint density at radius 3 is 2.43 bits per heavy atom. The van der Waals surface area contributed by atoms with Crippen molar-refractivity contribution in [2.24, 2.45) is 29.6 Å². The summed E-state index contributed by atoms with van der Waals surface area (Å²) in [5.74, 6) is -1.66. The first-order valence-corrected chi connectivity index (χ1v) is 13.6. The Hall–Kier alpha value is -2.84. The number of ether oxygens (including phenoxy) is 2. The van der Waals surface area contributed by atoms with Crippen LogP contribution in [0.4, 0.5) is 4.39 Å². The van der Waals surface area contributed by atoms with Gasteiger partial charge in [0.15, 0.2) is 11.6 Å². The molecule has 3 saturated carbocycles. The van der Waals surface area contributed by atoms with Gasteiger partial charge in [0.25, 0.3) is 5.91 Å². The number of benzene rings is 1.